The Morgan fingerprint density at radius 2 is 1.33 bits per heavy atom. The van der Waals surface area contributed by atoms with Gasteiger partial charge in [0.1, 0.15) is 0 Å². The number of anilines is 2. The molecule has 1 aliphatic rings. The summed E-state index contributed by atoms with van der Waals surface area (Å²) in [5.41, 5.74) is 1.35. The molecule has 1 aliphatic heterocycles. The van der Waals surface area contributed by atoms with Crippen molar-refractivity contribution in [2.45, 2.75) is 12.8 Å². The molecule has 3 rings (SSSR count). The van der Waals surface area contributed by atoms with E-state index in [1.165, 1.54) is 4.90 Å². The third-order valence-corrected chi connectivity index (χ3v) is 3.60. The van der Waals surface area contributed by atoms with Gasteiger partial charge in [-0.05, 0) is 24.3 Å². The van der Waals surface area contributed by atoms with Crippen LogP contribution in [0.1, 0.15) is 12.8 Å². The highest BCUT2D eigenvalue weighted by Crippen LogP contribution is 2.25. The van der Waals surface area contributed by atoms with E-state index in [1.807, 2.05) is 36.4 Å². The number of hydrogen-bond acceptors (Lipinski definition) is 4. The maximum atomic E-state index is 12.7. The zero-order valence-corrected chi connectivity index (χ0v) is 12.9. The minimum absolute atomic E-state index is 0.119. The number of hydrogen-bond donors (Lipinski definition) is 0. The van der Waals surface area contributed by atoms with E-state index < -0.39 is 18.4 Å². The number of imide groups is 1. The molecule has 0 radical (unpaired) electrons. The highest BCUT2D eigenvalue weighted by molar-refractivity contribution is 6.03. The smallest absolute Gasteiger partial charge is 0.260 e. The Hall–Kier alpha value is -2.99. The lowest BCUT2D eigenvalue weighted by atomic mass is 10.2. The number of rotatable bonds is 5. The number of carbonyl (C=O) groups excluding carboxylic acids is 3. The molecular weight excluding hydrogens is 308 g/mol. The fraction of sp³-hybridized carbons (Fsp3) is 0.167. The third-order valence-electron chi connectivity index (χ3n) is 3.60. The van der Waals surface area contributed by atoms with Crippen molar-refractivity contribution in [3.63, 3.8) is 0 Å². The second-order valence-corrected chi connectivity index (χ2v) is 5.26. The molecule has 6 nitrogen and oxygen atoms in total. The molecule has 24 heavy (non-hydrogen) atoms. The van der Waals surface area contributed by atoms with Crippen LogP contribution in [0.5, 0.6) is 0 Å². The maximum Gasteiger partial charge on any atom is 0.260 e. The molecule has 0 spiro atoms. The summed E-state index contributed by atoms with van der Waals surface area (Å²) in [5.74, 6) is -1.21. The second-order valence-electron chi connectivity index (χ2n) is 5.26. The minimum atomic E-state index is -0.418. The van der Waals surface area contributed by atoms with Gasteiger partial charge in [-0.2, -0.15) is 5.06 Å². The molecule has 122 valence electrons. The van der Waals surface area contributed by atoms with Crippen LogP contribution in [-0.4, -0.2) is 29.4 Å². The highest BCUT2D eigenvalue weighted by Gasteiger charge is 2.31. The Morgan fingerprint density at radius 3 is 1.79 bits per heavy atom. The zero-order valence-electron chi connectivity index (χ0n) is 12.9. The number of hydroxylamine groups is 2. The first-order valence-corrected chi connectivity index (χ1v) is 7.58. The van der Waals surface area contributed by atoms with Gasteiger partial charge >= 0.3 is 0 Å². The lowest BCUT2D eigenvalue weighted by molar-refractivity contribution is -0.187. The van der Waals surface area contributed by atoms with Gasteiger partial charge in [-0.1, -0.05) is 36.4 Å². The van der Waals surface area contributed by atoms with E-state index >= 15 is 0 Å². The molecule has 0 N–H and O–H groups in total. The molecule has 0 bridgehead atoms. The molecule has 3 amide bonds. The molecule has 1 fully saturated rings. The Balaban J connectivity index is 1.79. The van der Waals surface area contributed by atoms with Gasteiger partial charge in [-0.25, -0.2) is 0 Å². The molecule has 2 aromatic carbocycles. The summed E-state index contributed by atoms with van der Waals surface area (Å²) < 4.78 is 0. The van der Waals surface area contributed by atoms with E-state index in [1.54, 1.807) is 24.3 Å². The second kappa shape index (κ2) is 7.06. The Bertz CT molecular complexity index is 691. The Labute approximate surface area is 139 Å². The number of benzene rings is 2. The topological polar surface area (TPSA) is 66.9 Å². The molecular formula is C18H16N2O4. The van der Waals surface area contributed by atoms with Gasteiger partial charge in [0.05, 0.1) is 0 Å². The third kappa shape index (κ3) is 3.33. The van der Waals surface area contributed by atoms with Crippen molar-refractivity contribution in [3.05, 3.63) is 60.7 Å². The van der Waals surface area contributed by atoms with E-state index in [2.05, 4.69) is 0 Å². The highest BCUT2D eigenvalue weighted by atomic mass is 16.7. The van der Waals surface area contributed by atoms with Gasteiger partial charge in [0.2, 0.25) is 0 Å². The average Bonchev–Trinajstić information content (AvgIpc) is 2.93. The normalized spacial score (nSPS) is 14.1. The van der Waals surface area contributed by atoms with Crippen LogP contribution in [0, 0.1) is 0 Å². The molecule has 0 atom stereocenters. The standard InChI is InChI=1S/C18H16N2O4/c21-16-11-12-17(22)20(16)24-13-18(23)19(14-7-3-1-4-8-14)15-9-5-2-6-10-15/h1-10H,11-13H2. The van der Waals surface area contributed by atoms with Crippen LogP contribution in [0.2, 0.25) is 0 Å². The number of nitrogens with zero attached hydrogens (tertiary/aromatic N) is 2. The molecule has 1 heterocycles. The van der Waals surface area contributed by atoms with Crippen molar-refractivity contribution < 1.29 is 19.2 Å². The summed E-state index contributed by atoms with van der Waals surface area (Å²) in [6.45, 7) is -0.402. The van der Waals surface area contributed by atoms with E-state index in [0.717, 1.165) is 0 Å². The van der Waals surface area contributed by atoms with Crippen LogP contribution in [0.25, 0.3) is 0 Å². The summed E-state index contributed by atoms with van der Waals surface area (Å²) in [5, 5.41) is 0.687. The predicted octanol–water partition coefficient (Wildman–Crippen LogP) is 2.43. The number of para-hydroxylation sites is 2. The van der Waals surface area contributed by atoms with Gasteiger partial charge in [-0.3, -0.25) is 24.1 Å². The van der Waals surface area contributed by atoms with Crippen LogP contribution in [0.15, 0.2) is 60.7 Å². The van der Waals surface area contributed by atoms with Crippen molar-refractivity contribution in [1.82, 2.24) is 5.06 Å². The molecule has 0 unspecified atom stereocenters. The lowest BCUT2D eigenvalue weighted by Gasteiger charge is -2.23. The fourth-order valence-corrected chi connectivity index (χ4v) is 2.48. The SMILES string of the molecule is O=C1CCC(=O)N1OCC(=O)N(c1ccccc1)c1ccccc1. The minimum Gasteiger partial charge on any atom is -0.279 e. The predicted molar refractivity (Wildman–Crippen MR) is 87.1 cm³/mol. The molecule has 0 aliphatic carbocycles. The van der Waals surface area contributed by atoms with Gasteiger partial charge in [0.25, 0.3) is 17.7 Å². The molecule has 2 aromatic rings. The van der Waals surface area contributed by atoms with Crippen LogP contribution >= 0.6 is 0 Å². The maximum absolute atomic E-state index is 12.7. The molecule has 0 saturated carbocycles. The van der Waals surface area contributed by atoms with Crippen molar-refractivity contribution in [2.75, 3.05) is 11.5 Å². The van der Waals surface area contributed by atoms with Crippen LogP contribution < -0.4 is 4.90 Å². The largest absolute Gasteiger partial charge is 0.279 e. The molecule has 0 aromatic heterocycles. The van der Waals surface area contributed by atoms with Crippen molar-refractivity contribution >= 4 is 29.1 Å². The van der Waals surface area contributed by atoms with Crippen molar-refractivity contribution in [2.24, 2.45) is 0 Å². The van der Waals surface area contributed by atoms with Gasteiger partial charge < -0.3 is 0 Å². The van der Waals surface area contributed by atoms with Crippen molar-refractivity contribution in [3.8, 4) is 0 Å². The molecule has 1 saturated heterocycles. The van der Waals surface area contributed by atoms with E-state index in [9.17, 15) is 14.4 Å². The Morgan fingerprint density at radius 1 is 0.875 bits per heavy atom. The van der Waals surface area contributed by atoms with E-state index in [-0.39, 0.29) is 18.7 Å². The summed E-state index contributed by atoms with van der Waals surface area (Å²) in [6.07, 6.45) is 0.238. The monoisotopic (exact) mass is 324 g/mol. The summed E-state index contributed by atoms with van der Waals surface area (Å²) >= 11 is 0. The average molecular weight is 324 g/mol. The summed E-state index contributed by atoms with van der Waals surface area (Å²) in [6, 6.07) is 18.2. The van der Waals surface area contributed by atoms with Gasteiger partial charge in [-0.15, -0.1) is 0 Å². The van der Waals surface area contributed by atoms with E-state index in [4.69, 9.17) is 4.84 Å². The first-order chi connectivity index (χ1) is 11.7. The van der Waals surface area contributed by atoms with Crippen LogP contribution in [0.3, 0.4) is 0 Å². The number of amides is 3. The fourth-order valence-electron chi connectivity index (χ4n) is 2.48. The quantitative estimate of drug-likeness (QED) is 0.792. The van der Waals surface area contributed by atoms with Crippen molar-refractivity contribution in [1.29, 1.82) is 0 Å². The summed E-state index contributed by atoms with van der Waals surface area (Å²) in [4.78, 5) is 42.4. The number of carbonyl (C=O) groups is 3. The van der Waals surface area contributed by atoms with Gasteiger partial charge in [0.15, 0.2) is 6.61 Å². The molecule has 6 heteroatoms. The van der Waals surface area contributed by atoms with Crippen LogP contribution in [-0.2, 0) is 19.2 Å². The van der Waals surface area contributed by atoms with Crippen LogP contribution in [0.4, 0.5) is 11.4 Å². The summed E-state index contributed by atoms with van der Waals surface area (Å²) in [7, 11) is 0. The lowest BCUT2D eigenvalue weighted by Crippen LogP contribution is -2.36. The first kappa shape index (κ1) is 15.9. The first-order valence-electron chi connectivity index (χ1n) is 7.58. The van der Waals surface area contributed by atoms with E-state index in [0.29, 0.717) is 16.4 Å². The van der Waals surface area contributed by atoms with Gasteiger partial charge in [0, 0.05) is 24.2 Å². The zero-order chi connectivity index (χ0) is 16.9. The Kier molecular flexibility index (Phi) is 4.67.